The molecule has 1 aliphatic carbocycles. The maximum absolute atomic E-state index is 11.7. The third-order valence-corrected chi connectivity index (χ3v) is 4.63. The van der Waals surface area contributed by atoms with Gasteiger partial charge in [-0.05, 0) is 38.3 Å². The van der Waals surface area contributed by atoms with Crippen LogP contribution < -0.4 is 15.8 Å². The minimum absolute atomic E-state index is 0.273. The van der Waals surface area contributed by atoms with Crippen molar-refractivity contribution in [2.75, 3.05) is 12.9 Å². The molecule has 0 radical (unpaired) electrons. The van der Waals surface area contributed by atoms with Crippen molar-refractivity contribution in [2.45, 2.75) is 42.7 Å². The second-order valence-electron chi connectivity index (χ2n) is 5.36. The molecule has 1 atom stereocenters. The van der Waals surface area contributed by atoms with Crippen LogP contribution in [0.25, 0.3) is 0 Å². The van der Waals surface area contributed by atoms with Crippen LogP contribution in [0.1, 0.15) is 26.2 Å². The van der Waals surface area contributed by atoms with Gasteiger partial charge in [-0.3, -0.25) is 4.79 Å². The summed E-state index contributed by atoms with van der Waals surface area (Å²) in [6.45, 7) is 1.90. The van der Waals surface area contributed by atoms with Crippen LogP contribution in [0.2, 0.25) is 0 Å². The van der Waals surface area contributed by atoms with Crippen molar-refractivity contribution >= 4 is 17.7 Å². The number of amides is 1. The summed E-state index contributed by atoms with van der Waals surface area (Å²) in [5.41, 5.74) is 4.93. The lowest BCUT2D eigenvalue weighted by Crippen LogP contribution is -2.54. The molecule has 0 aromatic heterocycles. The summed E-state index contributed by atoms with van der Waals surface area (Å²) in [6.07, 6.45) is 2.99. The molecule has 3 N–H and O–H groups in total. The van der Waals surface area contributed by atoms with E-state index in [1.807, 2.05) is 31.2 Å². The molecule has 0 saturated heterocycles. The zero-order valence-electron chi connectivity index (χ0n) is 12.0. The number of primary amides is 1. The summed E-state index contributed by atoms with van der Waals surface area (Å²) in [5, 5.41) is 3.36. The molecule has 1 saturated carbocycles. The Labute approximate surface area is 124 Å². The second kappa shape index (κ2) is 6.50. The van der Waals surface area contributed by atoms with Crippen molar-refractivity contribution < 1.29 is 9.53 Å². The lowest BCUT2D eigenvalue weighted by atomic mass is 9.98. The van der Waals surface area contributed by atoms with Crippen LogP contribution in [-0.2, 0) is 4.79 Å². The van der Waals surface area contributed by atoms with Crippen LogP contribution in [0, 0.1) is 0 Å². The smallest absolute Gasteiger partial charge is 0.237 e. The third kappa shape index (κ3) is 3.90. The van der Waals surface area contributed by atoms with Gasteiger partial charge >= 0.3 is 0 Å². The highest BCUT2D eigenvalue weighted by atomic mass is 32.2. The van der Waals surface area contributed by atoms with Crippen molar-refractivity contribution in [3.05, 3.63) is 24.3 Å². The molecule has 1 aromatic rings. The lowest BCUT2D eigenvalue weighted by molar-refractivity contribution is -0.124. The van der Waals surface area contributed by atoms with Crippen LogP contribution >= 0.6 is 11.8 Å². The number of nitrogens with two attached hydrogens (primary N) is 1. The van der Waals surface area contributed by atoms with Crippen LogP contribution in [0.5, 0.6) is 5.75 Å². The first-order chi connectivity index (χ1) is 9.55. The Bertz CT molecular complexity index is 477. The summed E-state index contributed by atoms with van der Waals surface area (Å²) < 4.78 is 5.32. The second-order valence-corrected chi connectivity index (χ2v) is 6.50. The summed E-state index contributed by atoms with van der Waals surface area (Å²) in [5.74, 6) is 1.41. The van der Waals surface area contributed by atoms with Crippen LogP contribution in [0.15, 0.2) is 29.2 Å². The van der Waals surface area contributed by atoms with Crippen molar-refractivity contribution in [1.82, 2.24) is 5.32 Å². The predicted molar refractivity (Wildman–Crippen MR) is 82.1 cm³/mol. The normalized spacial score (nSPS) is 17.5. The van der Waals surface area contributed by atoms with Crippen LogP contribution in [0.4, 0.5) is 0 Å². The van der Waals surface area contributed by atoms with Gasteiger partial charge in [-0.2, -0.15) is 0 Å². The fraction of sp³-hybridized carbons (Fsp3) is 0.533. The maximum Gasteiger partial charge on any atom is 0.237 e. The third-order valence-electron chi connectivity index (χ3n) is 3.57. The highest BCUT2D eigenvalue weighted by molar-refractivity contribution is 7.99. The molecular weight excluding hydrogens is 272 g/mol. The van der Waals surface area contributed by atoms with E-state index in [9.17, 15) is 4.79 Å². The SMILES string of the molecule is COc1ccccc1SCCC(C)(NC1CC1)C(N)=O. The molecule has 0 bridgehead atoms. The summed E-state index contributed by atoms with van der Waals surface area (Å²) in [6, 6.07) is 8.37. The van der Waals surface area contributed by atoms with Gasteiger partial charge < -0.3 is 15.8 Å². The van der Waals surface area contributed by atoms with E-state index in [-0.39, 0.29) is 5.91 Å². The molecule has 110 valence electrons. The van der Waals surface area contributed by atoms with Gasteiger partial charge in [0.05, 0.1) is 12.6 Å². The van der Waals surface area contributed by atoms with E-state index in [0.29, 0.717) is 12.5 Å². The Hall–Kier alpha value is -1.20. The Kier molecular flexibility index (Phi) is 4.94. The Morgan fingerprint density at radius 2 is 2.20 bits per heavy atom. The van der Waals surface area contributed by atoms with E-state index in [1.165, 1.54) is 0 Å². The van der Waals surface area contributed by atoms with Gasteiger partial charge in [0.2, 0.25) is 5.91 Å². The van der Waals surface area contributed by atoms with E-state index >= 15 is 0 Å². The van der Waals surface area contributed by atoms with Crippen molar-refractivity contribution in [3.63, 3.8) is 0 Å². The Morgan fingerprint density at radius 3 is 2.80 bits per heavy atom. The summed E-state index contributed by atoms with van der Waals surface area (Å²) in [7, 11) is 1.67. The molecule has 1 fully saturated rings. The average molecular weight is 294 g/mol. The summed E-state index contributed by atoms with van der Waals surface area (Å²) >= 11 is 1.69. The van der Waals surface area contributed by atoms with Crippen LogP contribution in [0.3, 0.4) is 0 Å². The molecule has 1 amide bonds. The molecule has 0 spiro atoms. The van der Waals surface area contributed by atoms with Gasteiger partial charge in [-0.1, -0.05) is 12.1 Å². The number of hydrogen-bond acceptors (Lipinski definition) is 4. The highest BCUT2D eigenvalue weighted by Crippen LogP contribution is 2.31. The van der Waals surface area contributed by atoms with Gasteiger partial charge in [-0.15, -0.1) is 11.8 Å². The number of rotatable bonds is 8. The first-order valence-electron chi connectivity index (χ1n) is 6.88. The Balaban J connectivity index is 1.91. The maximum atomic E-state index is 11.7. The van der Waals surface area contributed by atoms with E-state index in [4.69, 9.17) is 10.5 Å². The zero-order valence-corrected chi connectivity index (χ0v) is 12.8. The average Bonchev–Trinajstić information content (AvgIpc) is 3.23. The first kappa shape index (κ1) is 15.2. The number of para-hydroxylation sites is 1. The number of methoxy groups -OCH3 is 1. The predicted octanol–water partition coefficient (Wildman–Crippen LogP) is 2.17. The van der Waals surface area contributed by atoms with Crippen molar-refractivity contribution in [3.8, 4) is 5.75 Å². The lowest BCUT2D eigenvalue weighted by Gasteiger charge is -2.27. The molecule has 1 unspecified atom stereocenters. The number of thioether (sulfide) groups is 1. The van der Waals surface area contributed by atoms with Crippen molar-refractivity contribution in [2.24, 2.45) is 5.73 Å². The molecule has 4 nitrogen and oxygen atoms in total. The Morgan fingerprint density at radius 1 is 1.50 bits per heavy atom. The number of carbonyl (C=O) groups is 1. The molecule has 0 aliphatic heterocycles. The minimum Gasteiger partial charge on any atom is -0.496 e. The number of benzene rings is 1. The van der Waals surface area contributed by atoms with Gasteiger partial charge in [-0.25, -0.2) is 0 Å². The minimum atomic E-state index is -0.615. The molecular formula is C15H22N2O2S. The highest BCUT2D eigenvalue weighted by Gasteiger charge is 2.36. The van der Waals surface area contributed by atoms with E-state index in [1.54, 1.807) is 18.9 Å². The van der Waals surface area contributed by atoms with Gasteiger partial charge in [0.25, 0.3) is 0 Å². The van der Waals surface area contributed by atoms with Crippen LogP contribution in [-0.4, -0.2) is 30.4 Å². The molecule has 1 aromatic carbocycles. The van der Waals surface area contributed by atoms with Gasteiger partial charge in [0.15, 0.2) is 0 Å². The van der Waals surface area contributed by atoms with E-state index in [2.05, 4.69) is 5.32 Å². The number of nitrogens with one attached hydrogen (secondary N) is 1. The van der Waals surface area contributed by atoms with E-state index in [0.717, 1.165) is 29.2 Å². The monoisotopic (exact) mass is 294 g/mol. The van der Waals surface area contributed by atoms with Gasteiger partial charge in [0.1, 0.15) is 5.75 Å². The number of hydrogen-bond donors (Lipinski definition) is 2. The van der Waals surface area contributed by atoms with E-state index < -0.39 is 5.54 Å². The molecule has 2 rings (SSSR count). The molecule has 1 aliphatic rings. The van der Waals surface area contributed by atoms with Crippen molar-refractivity contribution in [1.29, 1.82) is 0 Å². The summed E-state index contributed by atoms with van der Waals surface area (Å²) in [4.78, 5) is 12.8. The number of carbonyl (C=O) groups excluding carboxylic acids is 1. The standard InChI is InChI=1S/C15H22N2O2S/c1-15(14(16)18,17-11-7-8-11)9-10-20-13-6-4-3-5-12(13)19-2/h3-6,11,17H,7-10H2,1-2H3,(H2,16,18). The topological polar surface area (TPSA) is 64.3 Å². The van der Waals surface area contributed by atoms with Gasteiger partial charge in [0, 0.05) is 16.7 Å². The zero-order chi connectivity index (χ0) is 14.6. The fourth-order valence-corrected chi connectivity index (χ4v) is 3.25. The quantitative estimate of drug-likeness (QED) is 0.721. The first-order valence-corrected chi connectivity index (χ1v) is 7.87. The number of ether oxygens (including phenoxy) is 1. The molecule has 0 heterocycles. The molecule has 5 heteroatoms. The largest absolute Gasteiger partial charge is 0.496 e. The molecule has 20 heavy (non-hydrogen) atoms. The fourth-order valence-electron chi connectivity index (χ4n) is 2.05.